The van der Waals surface area contributed by atoms with E-state index in [1.807, 2.05) is 0 Å². The largest absolute Gasteiger partial charge is 0.454 e. The minimum Gasteiger partial charge on any atom is -0.304 e. The maximum atomic E-state index is 12.7. The fourth-order valence-corrected chi connectivity index (χ4v) is 2.94. The van der Waals surface area contributed by atoms with Crippen molar-refractivity contribution < 1.29 is 18.0 Å². The van der Waals surface area contributed by atoms with Crippen LogP contribution in [0.4, 0.5) is 13.2 Å². The van der Waals surface area contributed by atoms with Gasteiger partial charge in [-0.15, -0.1) is 0 Å². The highest BCUT2D eigenvalue weighted by Crippen LogP contribution is 2.33. The molecule has 1 aliphatic rings. The summed E-state index contributed by atoms with van der Waals surface area (Å²) in [6.45, 7) is 4.70. The summed E-state index contributed by atoms with van der Waals surface area (Å²) in [5.41, 5.74) is -0.0986. The maximum absolute atomic E-state index is 12.7. The highest BCUT2D eigenvalue weighted by molar-refractivity contribution is 6.02. The third-order valence-corrected chi connectivity index (χ3v) is 4.19. The molecule has 1 saturated heterocycles. The van der Waals surface area contributed by atoms with Crippen molar-refractivity contribution in [3.05, 3.63) is 34.9 Å². The van der Waals surface area contributed by atoms with E-state index in [-0.39, 0.29) is 11.5 Å². The molecule has 0 amide bonds. The highest BCUT2D eigenvalue weighted by Gasteiger charge is 2.41. The second-order valence-corrected chi connectivity index (χ2v) is 5.42. The van der Waals surface area contributed by atoms with E-state index in [0.29, 0.717) is 5.56 Å². The van der Waals surface area contributed by atoms with Crippen LogP contribution in [-0.2, 0) is 0 Å². The van der Waals surface area contributed by atoms with Crippen molar-refractivity contribution in [2.75, 3.05) is 19.6 Å². The van der Waals surface area contributed by atoms with Crippen LogP contribution in [0.5, 0.6) is 0 Å². The smallest absolute Gasteiger partial charge is 0.304 e. The number of Topliss-reactive ketones (excluding diaryl/α,β-unsaturated/α-hetero) is 1. The molecule has 0 unspecified atom stereocenters. The molecule has 0 bridgehead atoms. The van der Waals surface area contributed by atoms with Crippen LogP contribution in [0.25, 0.3) is 0 Å². The summed E-state index contributed by atoms with van der Waals surface area (Å²) in [6.07, 6.45) is -3.39. The lowest BCUT2D eigenvalue weighted by Crippen LogP contribution is -2.33. The Balaban J connectivity index is 2.34. The monoisotopic (exact) mass is 310 g/mol. The van der Waals surface area contributed by atoms with E-state index in [0.717, 1.165) is 38.5 Å². The van der Waals surface area contributed by atoms with Gasteiger partial charge >= 0.3 is 6.18 Å². The van der Waals surface area contributed by atoms with Crippen molar-refractivity contribution in [1.29, 1.82) is 5.26 Å². The number of carbonyl (C=O) groups is 1. The first-order valence-electron chi connectivity index (χ1n) is 7.25. The first-order chi connectivity index (χ1) is 10.4. The first-order valence-corrected chi connectivity index (χ1v) is 7.25. The number of ketones is 1. The molecule has 0 aliphatic carbocycles. The van der Waals surface area contributed by atoms with Gasteiger partial charge in [-0.1, -0.05) is 19.1 Å². The van der Waals surface area contributed by atoms with E-state index >= 15 is 0 Å². The molecule has 6 heteroatoms. The summed E-state index contributed by atoms with van der Waals surface area (Å²) in [7, 11) is 0. The number of nitriles is 1. The number of nitrogens with zero attached hydrogens (tertiary/aromatic N) is 2. The molecule has 0 aromatic heterocycles. The summed E-state index contributed by atoms with van der Waals surface area (Å²) >= 11 is 0. The summed E-state index contributed by atoms with van der Waals surface area (Å²) in [5, 5.41) is 9.26. The third kappa shape index (κ3) is 3.30. The lowest BCUT2D eigenvalue weighted by atomic mass is 9.84. The average Bonchev–Trinajstić information content (AvgIpc) is 2.52. The predicted molar refractivity (Wildman–Crippen MR) is 75.6 cm³/mol. The number of halogens is 3. The standard InChI is InChI=1S/C16H17F3N2O/c1-2-21-8-6-11(7-9-21)12-4-3-5-13(14(12)10-20)15(22)16(17,18)19/h3-5,11H,2,6-9H2,1H3. The van der Waals surface area contributed by atoms with Crippen molar-refractivity contribution in [2.45, 2.75) is 31.9 Å². The number of hydrogen-bond donors (Lipinski definition) is 0. The molecule has 0 saturated carbocycles. The normalized spacial score (nSPS) is 17.2. The van der Waals surface area contributed by atoms with E-state index in [1.165, 1.54) is 6.07 Å². The first kappa shape index (κ1) is 16.5. The second-order valence-electron chi connectivity index (χ2n) is 5.42. The third-order valence-electron chi connectivity index (χ3n) is 4.19. The Kier molecular flexibility index (Phi) is 4.87. The molecule has 2 rings (SSSR count). The van der Waals surface area contributed by atoms with Gasteiger partial charge in [-0.3, -0.25) is 4.79 Å². The van der Waals surface area contributed by atoms with E-state index in [4.69, 9.17) is 0 Å². The summed E-state index contributed by atoms with van der Waals surface area (Å²) < 4.78 is 38.0. The Morgan fingerprint density at radius 1 is 1.36 bits per heavy atom. The van der Waals surface area contributed by atoms with Gasteiger partial charge in [0.25, 0.3) is 5.78 Å². The van der Waals surface area contributed by atoms with Gasteiger partial charge in [-0.2, -0.15) is 18.4 Å². The number of alkyl halides is 3. The molecule has 0 atom stereocenters. The van der Waals surface area contributed by atoms with Crippen LogP contribution in [0.15, 0.2) is 18.2 Å². The van der Waals surface area contributed by atoms with Crippen molar-refractivity contribution in [1.82, 2.24) is 4.90 Å². The molecule has 0 radical (unpaired) electrons. The fourth-order valence-electron chi connectivity index (χ4n) is 2.94. The molecule has 1 aromatic rings. The van der Waals surface area contributed by atoms with Crippen molar-refractivity contribution in [2.24, 2.45) is 0 Å². The minimum absolute atomic E-state index is 0.0263. The van der Waals surface area contributed by atoms with E-state index < -0.39 is 17.5 Å². The number of benzene rings is 1. The van der Waals surface area contributed by atoms with Gasteiger partial charge in [0, 0.05) is 5.56 Å². The second kappa shape index (κ2) is 6.49. The molecule has 0 N–H and O–H groups in total. The van der Waals surface area contributed by atoms with Gasteiger partial charge in [0.15, 0.2) is 0 Å². The van der Waals surface area contributed by atoms with Gasteiger partial charge in [0.05, 0.1) is 5.56 Å². The van der Waals surface area contributed by atoms with Crippen LogP contribution in [0.2, 0.25) is 0 Å². The Morgan fingerprint density at radius 3 is 2.50 bits per heavy atom. The van der Waals surface area contributed by atoms with Gasteiger partial charge in [0.1, 0.15) is 6.07 Å². The van der Waals surface area contributed by atoms with Gasteiger partial charge in [0.2, 0.25) is 0 Å². The van der Waals surface area contributed by atoms with Crippen LogP contribution < -0.4 is 0 Å². The Hall–Kier alpha value is -1.87. The lowest BCUT2D eigenvalue weighted by Gasteiger charge is -2.31. The number of carbonyl (C=O) groups excluding carboxylic acids is 1. The zero-order valence-corrected chi connectivity index (χ0v) is 12.3. The van der Waals surface area contributed by atoms with Crippen LogP contribution >= 0.6 is 0 Å². The number of rotatable bonds is 3. The molecular weight excluding hydrogens is 293 g/mol. The molecule has 1 fully saturated rings. The zero-order valence-electron chi connectivity index (χ0n) is 12.3. The fraction of sp³-hybridized carbons (Fsp3) is 0.500. The molecule has 118 valence electrons. The SMILES string of the molecule is CCN1CCC(c2cccc(C(=O)C(F)(F)F)c2C#N)CC1. The van der Waals surface area contributed by atoms with E-state index in [2.05, 4.69) is 11.8 Å². The molecule has 1 aliphatic heterocycles. The van der Waals surface area contributed by atoms with Gasteiger partial charge < -0.3 is 4.90 Å². The number of hydrogen-bond acceptors (Lipinski definition) is 3. The Labute approximate surface area is 127 Å². The Bertz CT molecular complexity index is 596. The average molecular weight is 310 g/mol. The zero-order chi connectivity index (χ0) is 16.3. The van der Waals surface area contributed by atoms with Crippen molar-refractivity contribution >= 4 is 5.78 Å². The van der Waals surface area contributed by atoms with Crippen LogP contribution in [-0.4, -0.2) is 36.5 Å². The van der Waals surface area contributed by atoms with Gasteiger partial charge in [-0.05, 0) is 50.0 Å². The molecular formula is C16H17F3N2O. The summed E-state index contributed by atoms with van der Waals surface area (Å²) in [5.74, 6) is -1.92. The quantitative estimate of drug-likeness (QED) is 0.803. The lowest BCUT2D eigenvalue weighted by molar-refractivity contribution is -0.0885. The highest BCUT2D eigenvalue weighted by atomic mass is 19.4. The van der Waals surface area contributed by atoms with Crippen LogP contribution in [0.3, 0.4) is 0 Å². The number of likely N-dealkylation sites (tertiary alicyclic amines) is 1. The topological polar surface area (TPSA) is 44.1 Å². The molecule has 0 spiro atoms. The Morgan fingerprint density at radius 2 is 2.00 bits per heavy atom. The predicted octanol–water partition coefficient (Wildman–Crippen LogP) is 3.50. The summed E-state index contributed by atoms with van der Waals surface area (Å²) in [4.78, 5) is 13.8. The molecule has 1 heterocycles. The van der Waals surface area contributed by atoms with Crippen molar-refractivity contribution in [3.8, 4) is 6.07 Å². The molecule has 1 aromatic carbocycles. The summed E-state index contributed by atoms with van der Waals surface area (Å²) in [6, 6.07) is 5.98. The molecule has 22 heavy (non-hydrogen) atoms. The number of piperidine rings is 1. The molecule has 3 nitrogen and oxygen atoms in total. The van der Waals surface area contributed by atoms with Crippen LogP contribution in [0.1, 0.15) is 47.2 Å². The van der Waals surface area contributed by atoms with Crippen LogP contribution in [0, 0.1) is 11.3 Å². The van der Waals surface area contributed by atoms with E-state index in [9.17, 15) is 23.2 Å². The maximum Gasteiger partial charge on any atom is 0.454 e. The minimum atomic E-state index is -4.96. The van der Waals surface area contributed by atoms with Crippen molar-refractivity contribution in [3.63, 3.8) is 0 Å². The van der Waals surface area contributed by atoms with Gasteiger partial charge in [-0.25, -0.2) is 0 Å². The van der Waals surface area contributed by atoms with E-state index in [1.54, 1.807) is 12.1 Å².